The molecule has 1 rings (SSSR count). The maximum Gasteiger partial charge on any atom is -0.00159 e. The van der Waals surface area contributed by atoms with Crippen molar-refractivity contribution in [3.05, 3.63) is 0 Å². The lowest BCUT2D eigenvalue weighted by Crippen LogP contribution is -2.38. The van der Waals surface area contributed by atoms with Crippen LogP contribution in [0.3, 0.4) is 0 Å². The van der Waals surface area contributed by atoms with Gasteiger partial charge in [-0.3, -0.25) is 0 Å². The number of hydrogen-bond acceptors (Lipinski definition) is 1. The molecule has 1 fully saturated rings. The SMILES string of the molecule is CCCN1CCC(C(C)(C)C)CC1. The standard InChI is InChI=1S/C12H25N/c1-5-8-13-9-6-11(7-10-13)12(2,3)4/h11H,5-10H2,1-4H3. The van der Waals surface area contributed by atoms with Gasteiger partial charge in [-0.1, -0.05) is 27.7 Å². The number of hydrogen-bond donors (Lipinski definition) is 0. The molecule has 13 heavy (non-hydrogen) atoms. The third-order valence-corrected chi connectivity index (χ3v) is 3.35. The van der Waals surface area contributed by atoms with Crippen LogP contribution in [0.15, 0.2) is 0 Å². The van der Waals surface area contributed by atoms with Crippen LogP contribution in [-0.2, 0) is 0 Å². The Morgan fingerprint density at radius 1 is 1.15 bits per heavy atom. The van der Waals surface area contributed by atoms with E-state index >= 15 is 0 Å². The van der Waals surface area contributed by atoms with Crippen LogP contribution in [0.25, 0.3) is 0 Å². The Labute approximate surface area is 83.5 Å². The van der Waals surface area contributed by atoms with Crippen molar-refractivity contribution in [1.82, 2.24) is 4.90 Å². The van der Waals surface area contributed by atoms with E-state index in [9.17, 15) is 0 Å². The Morgan fingerprint density at radius 2 is 1.69 bits per heavy atom. The normalized spacial score (nSPS) is 22.2. The average molecular weight is 183 g/mol. The van der Waals surface area contributed by atoms with Crippen LogP contribution in [0.2, 0.25) is 0 Å². The zero-order chi connectivity index (χ0) is 9.90. The van der Waals surface area contributed by atoms with Crippen LogP contribution in [0.1, 0.15) is 47.0 Å². The molecular formula is C12H25N. The fourth-order valence-electron chi connectivity index (χ4n) is 2.34. The van der Waals surface area contributed by atoms with Crippen molar-refractivity contribution in [1.29, 1.82) is 0 Å². The molecule has 0 aromatic rings. The summed E-state index contributed by atoms with van der Waals surface area (Å²) in [5, 5.41) is 0. The Hall–Kier alpha value is -0.0400. The van der Waals surface area contributed by atoms with Crippen LogP contribution in [0, 0.1) is 11.3 Å². The van der Waals surface area contributed by atoms with Gasteiger partial charge in [0.25, 0.3) is 0 Å². The first-order chi connectivity index (χ1) is 6.04. The molecule has 0 aliphatic carbocycles. The molecule has 1 saturated heterocycles. The van der Waals surface area contributed by atoms with Crippen LogP contribution >= 0.6 is 0 Å². The number of nitrogens with zero attached hydrogens (tertiary/aromatic N) is 1. The summed E-state index contributed by atoms with van der Waals surface area (Å²) >= 11 is 0. The Bertz CT molecular complexity index is 138. The molecule has 78 valence electrons. The lowest BCUT2D eigenvalue weighted by atomic mass is 9.75. The molecule has 0 spiro atoms. The molecule has 0 N–H and O–H groups in total. The summed E-state index contributed by atoms with van der Waals surface area (Å²) in [6.07, 6.45) is 4.12. The third kappa shape index (κ3) is 3.30. The fraction of sp³-hybridized carbons (Fsp3) is 1.00. The second kappa shape index (κ2) is 4.45. The van der Waals surface area contributed by atoms with Gasteiger partial charge >= 0.3 is 0 Å². The molecule has 1 heteroatoms. The number of rotatable bonds is 2. The fourth-order valence-corrected chi connectivity index (χ4v) is 2.34. The van der Waals surface area contributed by atoms with E-state index in [0.29, 0.717) is 5.41 Å². The van der Waals surface area contributed by atoms with Crippen molar-refractivity contribution in [2.45, 2.75) is 47.0 Å². The highest BCUT2D eigenvalue weighted by Crippen LogP contribution is 2.34. The van der Waals surface area contributed by atoms with E-state index in [1.165, 1.54) is 38.9 Å². The lowest BCUT2D eigenvalue weighted by molar-refractivity contribution is 0.112. The summed E-state index contributed by atoms with van der Waals surface area (Å²) in [6, 6.07) is 0. The Kier molecular flexibility index (Phi) is 3.78. The maximum absolute atomic E-state index is 2.61. The van der Waals surface area contributed by atoms with E-state index in [2.05, 4.69) is 32.6 Å². The van der Waals surface area contributed by atoms with E-state index in [1.807, 2.05) is 0 Å². The van der Waals surface area contributed by atoms with Gasteiger partial charge in [0, 0.05) is 0 Å². The maximum atomic E-state index is 2.61. The van der Waals surface area contributed by atoms with Gasteiger partial charge in [-0.25, -0.2) is 0 Å². The molecular weight excluding hydrogens is 158 g/mol. The van der Waals surface area contributed by atoms with Gasteiger partial charge in [0.1, 0.15) is 0 Å². The molecule has 0 saturated carbocycles. The van der Waals surface area contributed by atoms with Crippen molar-refractivity contribution in [3.63, 3.8) is 0 Å². The molecule has 1 aliphatic rings. The summed E-state index contributed by atoms with van der Waals surface area (Å²) < 4.78 is 0. The molecule has 0 aromatic heterocycles. The minimum atomic E-state index is 0.526. The lowest BCUT2D eigenvalue weighted by Gasteiger charge is -2.38. The summed E-state index contributed by atoms with van der Waals surface area (Å²) in [6.45, 7) is 13.4. The predicted molar refractivity (Wildman–Crippen MR) is 58.9 cm³/mol. The molecule has 0 atom stereocenters. The highest BCUT2D eigenvalue weighted by molar-refractivity contribution is 4.80. The smallest absolute Gasteiger partial charge is 0.00159 e. The second-order valence-electron chi connectivity index (χ2n) is 5.48. The average Bonchev–Trinajstić information content (AvgIpc) is 2.04. The van der Waals surface area contributed by atoms with Gasteiger partial charge in [0.15, 0.2) is 0 Å². The van der Waals surface area contributed by atoms with E-state index < -0.39 is 0 Å². The largest absolute Gasteiger partial charge is 0.303 e. The molecule has 0 bridgehead atoms. The van der Waals surface area contributed by atoms with E-state index in [0.717, 1.165) is 5.92 Å². The first-order valence-corrected chi connectivity index (χ1v) is 5.76. The molecule has 0 unspecified atom stereocenters. The topological polar surface area (TPSA) is 3.24 Å². The van der Waals surface area contributed by atoms with Gasteiger partial charge < -0.3 is 4.90 Å². The van der Waals surface area contributed by atoms with Gasteiger partial charge in [0.05, 0.1) is 0 Å². The van der Waals surface area contributed by atoms with E-state index in [4.69, 9.17) is 0 Å². The Balaban J connectivity index is 2.30. The summed E-state index contributed by atoms with van der Waals surface area (Å²) in [5.74, 6) is 0.945. The van der Waals surface area contributed by atoms with Crippen molar-refractivity contribution in [2.75, 3.05) is 19.6 Å². The zero-order valence-electron chi connectivity index (χ0n) is 9.77. The molecule has 1 nitrogen and oxygen atoms in total. The van der Waals surface area contributed by atoms with Crippen molar-refractivity contribution < 1.29 is 0 Å². The van der Waals surface area contributed by atoms with Crippen molar-refractivity contribution in [3.8, 4) is 0 Å². The summed E-state index contributed by atoms with van der Waals surface area (Å²) in [7, 11) is 0. The predicted octanol–water partition coefficient (Wildman–Crippen LogP) is 3.15. The van der Waals surface area contributed by atoms with Gasteiger partial charge in [-0.2, -0.15) is 0 Å². The Morgan fingerprint density at radius 3 is 2.08 bits per heavy atom. The van der Waals surface area contributed by atoms with Crippen molar-refractivity contribution in [2.24, 2.45) is 11.3 Å². The van der Waals surface area contributed by atoms with Crippen LogP contribution < -0.4 is 0 Å². The highest BCUT2D eigenvalue weighted by Gasteiger charge is 2.28. The molecule has 1 heterocycles. The minimum absolute atomic E-state index is 0.526. The van der Waals surface area contributed by atoms with Gasteiger partial charge in [-0.05, 0) is 50.2 Å². The number of piperidine rings is 1. The third-order valence-electron chi connectivity index (χ3n) is 3.35. The number of likely N-dealkylation sites (tertiary alicyclic amines) is 1. The molecule has 0 aromatic carbocycles. The molecule has 1 aliphatic heterocycles. The summed E-state index contributed by atoms with van der Waals surface area (Å²) in [4.78, 5) is 2.61. The quantitative estimate of drug-likeness (QED) is 0.635. The zero-order valence-corrected chi connectivity index (χ0v) is 9.77. The highest BCUT2D eigenvalue weighted by atomic mass is 15.1. The van der Waals surface area contributed by atoms with Crippen LogP contribution in [-0.4, -0.2) is 24.5 Å². The van der Waals surface area contributed by atoms with Gasteiger partial charge in [-0.15, -0.1) is 0 Å². The molecule has 0 amide bonds. The second-order valence-corrected chi connectivity index (χ2v) is 5.48. The van der Waals surface area contributed by atoms with E-state index in [-0.39, 0.29) is 0 Å². The van der Waals surface area contributed by atoms with Gasteiger partial charge in [0.2, 0.25) is 0 Å². The van der Waals surface area contributed by atoms with Crippen molar-refractivity contribution >= 4 is 0 Å². The van der Waals surface area contributed by atoms with Crippen LogP contribution in [0.5, 0.6) is 0 Å². The van der Waals surface area contributed by atoms with E-state index in [1.54, 1.807) is 0 Å². The first-order valence-electron chi connectivity index (χ1n) is 5.76. The minimum Gasteiger partial charge on any atom is -0.303 e. The monoisotopic (exact) mass is 183 g/mol. The van der Waals surface area contributed by atoms with Crippen LogP contribution in [0.4, 0.5) is 0 Å². The molecule has 0 radical (unpaired) electrons. The summed E-state index contributed by atoms with van der Waals surface area (Å²) in [5.41, 5.74) is 0.526. The first kappa shape index (κ1) is 11.0.